The van der Waals surface area contributed by atoms with Gasteiger partial charge in [0.15, 0.2) is 0 Å². The second kappa shape index (κ2) is 7.91. The second-order valence-corrected chi connectivity index (χ2v) is 7.95. The standard InChI is InChI=1S/C23H25N5O2/c24-12-11-15-13-28(27-26-15)22-10-9-21(22)25-23(29)30-14-20-18-7-3-1-5-16(18)17-6-2-4-8-19(17)20/h1-8,13,20-22H,9-12,14,24H2,(H,25,29). The zero-order valence-corrected chi connectivity index (χ0v) is 16.7. The molecule has 3 aromatic rings. The number of aromatic nitrogens is 3. The van der Waals surface area contributed by atoms with Crippen molar-refractivity contribution >= 4 is 6.09 Å². The highest BCUT2D eigenvalue weighted by Gasteiger charge is 2.35. The van der Waals surface area contributed by atoms with Crippen molar-refractivity contribution in [2.24, 2.45) is 5.73 Å². The number of ether oxygens (including phenoxy) is 1. The summed E-state index contributed by atoms with van der Waals surface area (Å²) in [7, 11) is 0. The fourth-order valence-electron chi connectivity index (χ4n) is 4.50. The number of amides is 1. The van der Waals surface area contributed by atoms with E-state index in [4.69, 9.17) is 10.5 Å². The first kappa shape index (κ1) is 18.8. The lowest BCUT2D eigenvalue weighted by molar-refractivity contribution is 0.119. The van der Waals surface area contributed by atoms with E-state index in [0.717, 1.165) is 18.5 Å². The molecule has 2 aliphatic rings. The molecule has 1 amide bonds. The Morgan fingerprint density at radius 3 is 2.43 bits per heavy atom. The first-order chi connectivity index (χ1) is 14.7. The minimum Gasteiger partial charge on any atom is -0.449 e. The zero-order valence-electron chi connectivity index (χ0n) is 16.7. The van der Waals surface area contributed by atoms with Gasteiger partial charge in [-0.15, -0.1) is 5.10 Å². The molecule has 0 aliphatic heterocycles. The maximum absolute atomic E-state index is 12.5. The first-order valence-corrected chi connectivity index (χ1v) is 10.5. The molecule has 5 rings (SSSR count). The van der Waals surface area contributed by atoms with Crippen molar-refractivity contribution in [2.45, 2.75) is 37.3 Å². The molecule has 30 heavy (non-hydrogen) atoms. The Kier molecular flexibility index (Phi) is 4.96. The van der Waals surface area contributed by atoms with E-state index in [-0.39, 0.29) is 24.1 Å². The number of rotatable bonds is 6. The van der Waals surface area contributed by atoms with Crippen LogP contribution in [-0.2, 0) is 11.2 Å². The number of nitrogens with one attached hydrogen (secondary N) is 1. The molecule has 2 aromatic carbocycles. The Morgan fingerprint density at radius 1 is 1.10 bits per heavy atom. The van der Waals surface area contributed by atoms with E-state index in [2.05, 4.69) is 39.9 Å². The molecule has 1 fully saturated rings. The van der Waals surface area contributed by atoms with Gasteiger partial charge in [-0.2, -0.15) is 0 Å². The predicted molar refractivity (Wildman–Crippen MR) is 113 cm³/mol. The van der Waals surface area contributed by atoms with E-state index >= 15 is 0 Å². The molecule has 1 heterocycles. The molecule has 2 atom stereocenters. The van der Waals surface area contributed by atoms with Crippen LogP contribution in [0.4, 0.5) is 4.79 Å². The Hall–Kier alpha value is -3.19. The average molecular weight is 403 g/mol. The number of nitrogens with zero attached hydrogens (tertiary/aromatic N) is 3. The molecule has 0 bridgehead atoms. The first-order valence-electron chi connectivity index (χ1n) is 10.5. The number of hydrogen-bond acceptors (Lipinski definition) is 5. The molecule has 0 radical (unpaired) electrons. The van der Waals surface area contributed by atoms with E-state index in [0.29, 0.717) is 19.6 Å². The topological polar surface area (TPSA) is 95.1 Å². The minimum atomic E-state index is -0.381. The Morgan fingerprint density at radius 2 is 1.80 bits per heavy atom. The van der Waals surface area contributed by atoms with Gasteiger partial charge in [0, 0.05) is 18.5 Å². The Balaban J connectivity index is 1.22. The highest BCUT2D eigenvalue weighted by Crippen LogP contribution is 2.44. The van der Waals surface area contributed by atoms with Gasteiger partial charge in [-0.25, -0.2) is 9.48 Å². The number of carbonyl (C=O) groups excluding carboxylic acids is 1. The lowest BCUT2D eigenvalue weighted by Gasteiger charge is -2.36. The summed E-state index contributed by atoms with van der Waals surface area (Å²) >= 11 is 0. The number of alkyl carbamates (subject to hydrolysis) is 1. The highest BCUT2D eigenvalue weighted by molar-refractivity contribution is 5.79. The Labute approximate surface area is 175 Å². The second-order valence-electron chi connectivity index (χ2n) is 7.95. The number of nitrogens with two attached hydrogens (primary N) is 1. The van der Waals surface area contributed by atoms with Crippen molar-refractivity contribution in [2.75, 3.05) is 13.2 Å². The van der Waals surface area contributed by atoms with Gasteiger partial charge in [0.05, 0.1) is 17.8 Å². The molecule has 3 N–H and O–H groups in total. The molecule has 7 nitrogen and oxygen atoms in total. The maximum atomic E-state index is 12.5. The summed E-state index contributed by atoms with van der Waals surface area (Å²) in [6.07, 6.45) is 4.11. The van der Waals surface area contributed by atoms with E-state index in [1.807, 2.05) is 35.1 Å². The highest BCUT2D eigenvalue weighted by atomic mass is 16.5. The summed E-state index contributed by atoms with van der Waals surface area (Å²) < 4.78 is 7.50. The lowest BCUT2D eigenvalue weighted by atomic mass is 9.86. The van der Waals surface area contributed by atoms with Gasteiger partial charge in [0.25, 0.3) is 0 Å². The number of hydrogen-bond donors (Lipinski definition) is 2. The summed E-state index contributed by atoms with van der Waals surface area (Å²) in [5.41, 5.74) is 11.3. The van der Waals surface area contributed by atoms with Crippen LogP contribution in [0.15, 0.2) is 54.7 Å². The van der Waals surface area contributed by atoms with Gasteiger partial charge in [0.2, 0.25) is 0 Å². The lowest BCUT2D eigenvalue weighted by Crippen LogP contribution is -2.48. The van der Waals surface area contributed by atoms with Gasteiger partial charge >= 0.3 is 6.09 Å². The van der Waals surface area contributed by atoms with Crippen LogP contribution in [0.3, 0.4) is 0 Å². The van der Waals surface area contributed by atoms with E-state index in [1.54, 1.807) is 0 Å². The van der Waals surface area contributed by atoms with Crippen molar-refractivity contribution in [3.63, 3.8) is 0 Å². The van der Waals surface area contributed by atoms with Crippen LogP contribution in [0.5, 0.6) is 0 Å². The van der Waals surface area contributed by atoms with Crippen molar-refractivity contribution < 1.29 is 9.53 Å². The molecule has 0 spiro atoms. The maximum Gasteiger partial charge on any atom is 0.407 e. The van der Waals surface area contributed by atoms with Crippen molar-refractivity contribution in [1.82, 2.24) is 20.3 Å². The molecule has 1 aromatic heterocycles. The van der Waals surface area contributed by atoms with E-state index in [1.165, 1.54) is 22.3 Å². The average Bonchev–Trinajstić information content (AvgIpc) is 3.32. The summed E-state index contributed by atoms with van der Waals surface area (Å²) in [4.78, 5) is 12.5. The number of benzene rings is 2. The predicted octanol–water partition coefficient (Wildman–Crippen LogP) is 3.02. The van der Waals surface area contributed by atoms with Gasteiger partial charge in [-0.05, 0) is 41.6 Å². The minimum absolute atomic E-state index is 0.00748. The number of carbonyl (C=O) groups is 1. The molecule has 0 saturated heterocycles. The van der Waals surface area contributed by atoms with E-state index in [9.17, 15) is 4.79 Å². The third kappa shape index (κ3) is 3.35. The molecular formula is C23H25N5O2. The van der Waals surface area contributed by atoms with Crippen LogP contribution in [0.25, 0.3) is 11.1 Å². The third-order valence-corrected chi connectivity index (χ3v) is 6.18. The van der Waals surface area contributed by atoms with Gasteiger partial charge in [0.1, 0.15) is 6.61 Å². The molecular weight excluding hydrogens is 378 g/mol. The van der Waals surface area contributed by atoms with Crippen LogP contribution in [0, 0.1) is 0 Å². The summed E-state index contributed by atoms with van der Waals surface area (Å²) in [6.45, 7) is 0.867. The largest absolute Gasteiger partial charge is 0.449 e. The van der Waals surface area contributed by atoms with Crippen LogP contribution in [0.1, 0.15) is 41.6 Å². The summed E-state index contributed by atoms with van der Waals surface area (Å²) in [5, 5.41) is 11.3. The van der Waals surface area contributed by atoms with E-state index < -0.39 is 0 Å². The molecule has 2 aliphatic carbocycles. The molecule has 7 heteroatoms. The van der Waals surface area contributed by atoms with Crippen molar-refractivity contribution in [3.05, 3.63) is 71.5 Å². The fraction of sp³-hybridized carbons (Fsp3) is 0.348. The van der Waals surface area contributed by atoms with Gasteiger partial charge < -0.3 is 15.8 Å². The van der Waals surface area contributed by atoms with Crippen LogP contribution >= 0.6 is 0 Å². The summed E-state index contributed by atoms with van der Waals surface area (Å²) in [6, 6.07) is 16.8. The summed E-state index contributed by atoms with van der Waals surface area (Å²) in [5.74, 6) is 0.0643. The van der Waals surface area contributed by atoms with Crippen molar-refractivity contribution in [1.29, 1.82) is 0 Å². The van der Waals surface area contributed by atoms with Crippen LogP contribution < -0.4 is 11.1 Å². The van der Waals surface area contributed by atoms with Crippen LogP contribution in [0.2, 0.25) is 0 Å². The quantitative estimate of drug-likeness (QED) is 0.660. The smallest absolute Gasteiger partial charge is 0.407 e. The van der Waals surface area contributed by atoms with Crippen LogP contribution in [-0.4, -0.2) is 40.3 Å². The zero-order chi connectivity index (χ0) is 20.5. The van der Waals surface area contributed by atoms with Gasteiger partial charge in [-0.3, -0.25) is 0 Å². The Bertz CT molecular complexity index is 1020. The normalized spacial score (nSPS) is 19.6. The number of fused-ring (bicyclic) bond motifs is 3. The monoisotopic (exact) mass is 403 g/mol. The fourth-order valence-corrected chi connectivity index (χ4v) is 4.50. The SMILES string of the molecule is NCCc1cn(C2CCC2NC(=O)OCC2c3ccccc3-c3ccccc32)nn1. The molecule has 1 saturated carbocycles. The van der Waals surface area contributed by atoms with Crippen molar-refractivity contribution in [3.8, 4) is 11.1 Å². The third-order valence-electron chi connectivity index (χ3n) is 6.18. The van der Waals surface area contributed by atoms with Gasteiger partial charge in [-0.1, -0.05) is 53.7 Å². The molecule has 154 valence electrons. The molecule has 2 unspecified atom stereocenters.